The SMILES string of the molecule is C[n+]1ccc(SCCC(N)=O)cc1. The van der Waals surface area contributed by atoms with Gasteiger partial charge in [-0.25, -0.2) is 4.57 Å². The van der Waals surface area contributed by atoms with Gasteiger partial charge in [0, 0.05) is 29.2 Å². The second-order valence-corrected chi connectivity index (χ2v) is 3.93. The van der Waals surface area contributed by atoms with Crippen LogP contribution in [0.3, 0.4) is 0 Å². The van der Waals surface area contributed by atoms with Gasteiger partial charge in [-0.2, -0.15) is 0 Å². The topological polar surface area (TPSA) is 47.0 Å². The number of amides is 1. The maximum Gasteiger partial charge on any atom is 0.218 e. The number of aromatic nitrogens is 1. The largest absolute Gasteiger partial charge is 0.370 e. The van der Waals surface area contributed by atoms with Crippen molar-refractivity contribution in [3.63, 3.8) is 0 Å². The van der Waals surface area contributed by atoms with Crippen LogP contribution in [-0.2, 0) is 11.8 Å². The van der Waals surface area contributed by atoms with E-state index in [0.717, 1.165) is 5.75 Å². The van der Waals surface area contributed by atoms with Crippen molar-refractivity contribution in [2.45, 2.75) is 11.3 Å². The quantitative estimate of drug-likeness (QED) is 0.563. The van der Waals surface area contributed by atoms with Gasteiger partial charge in [0.25, 0.3) is 0 Å². The van der Waals surface area contributed by atoms with Gasteiger partial charge in [0.2, 0.25) is 5.91 Å². The number of nitrogens with zero attached hydrogens (tertiary/aromatic N) is 1. The molecule has 2 N–H and O–H groups in total. The van der Waals surface area contributed by atoms with Crippen LogP contribution >= 0.6 is 11.8 Å². The lowest BCUT2D eigenvalue weighted by Gasteiger charge is -1.97. The zero-order valence-corrected chi connectivity index (χ0v) is 8.38. The Kier molecular flexibility index (Phi) is 3.76. The van der Waals surface area contributed by atoms with Crippen LogP contribution in [0, 0.1) is 0 Å². The van der Waals surface area contributed by atoms with Crippen molar-refractivity contribution in [1.29, 1.82) is 0 Å². The molecule has 4 heteroatoms. The van der Waals surface area contributed by atoms with E-state index >= 15 is 0 Å². The maximum absolute atomic E-state index is 10.4. The molecule has 1 heterocycles. The molecule has 0 bridgehead atoms. The van der Waals surface area contributed by atoms with Gasteiger partial charge in [0.15, 0.2) is 12.4 Å². The van der Waals surface area contributed by atoms with Gasteiger partial charge in [-0.15, -0.1) is 11.8 Å². The predicted molar refractivity (Wildman–Crippen MR) is 52.2 cm³/mol. The summed E-state index contributed by atoms with van der Waals surface area (Å²) in [5.74, 6) is 0.511. The maximum atomic E-state index is 10.4. The molecular formula is C9H13N2OS+. The summed E-state index contributed by atoms with van der Waals surface area (Å²) < 4.78 is 1.97. The van der Waals surface area contributed by atoms with Crippen LogP contribution in [-0.4, -0.2) is 11.7 Å². The lowest BCUT2D eigenvalue weighted by atomic mass is 10.5. The molecule has 0 aliphatic carbocycles. The summed E-state index contributed by atoms with van der Waals surface area (Å²) in [4.78, 5) is 11.6. The van der Waals surface area contributed by atoms with Crippen molar-refractivity contribution in [2.75, 3.05) is 5.75 Å². The van der Waals surface area contributed by atoms with E-state index in [1.54, 1.807) is 11.8 Å². The number of carbonyl (C=O) groups is 1. The lowest BCUT2D eigenvalue weighted by Crippen LogP contribution is -2.25. The minimum absolute atomic E-state index is 0.242. The third-order valence-corrected chi connectivity index (χ3v) is 2.58. The number of hydrogen-bond donors (Lipinski definition) is 1. The number of carbonyl (C=O) groups excluding carboxylic acids is 1. The van der Waals surface area contributed by atoms with E-state index < -0.39 is 0 Å². The second kappa shape index (κ2) is 4.87. The first-order valence-electron chi connectivity index (χ1n) is 4.05. The zero-order chi connectivity index (χ0) is 9.68. The van der Waals surface area contributed by atoms with Gasteiger partial charge < -0.3 is 5.73 Å². The first kappa shape index (κ1) is 10.1. The molecule has 0 radical (unpaired) electrons. The van der Waals surface area contributed by atoms with Gasteiger partial charge in [-0.3, -0.25) is 4.79 Å². The van der Waals surface area contributed by atoms with Crippen LogP contribution in [0.15, 0.2) is 29.4 Å². The lowest BCUT2D eigenvalue weighted by molar-refractivity contribution is -0.671. The highest BCUT2D eigenvalue weighted by molar-refractivity contribution is 7.99. The summed E-state index contributed by atoms with van der Waals surface area (Å²) >= 11 is 1.64. The summed E-state index contributed by atoms with van der Waals surface area (Å²) in [6.07, 6.45) is 4.39. The summed E-state index contributed by atoms with van der Waals surface area (Å²) in [5, 5.41) is 0. The Bertz CT molecular complexity index is 284. The summed E-state index contributed by atoms with van der Waals surface area (Å²) in [6, 6.07) is 4.04. The van der Waals surface area contributed by atoms with Crippen LogP contribution < -0.4 is 10.3 Å². The van der Waals surface area contributed by atoms with Crippen molar-refractivity contribution in [3.05, 3.63) is 24.5 Å². The average molecular weight is 197 g/mol. The smallest absolute Gasteiger partial charge is 0.218 e. The van der Waals surface area contributed by atoms with Crippen LogP contribution in [0.1, 0.15) is 6.42 Å². The Balaban J connectivity index is 2.37. The monoisotopic (exact) mass is 197 g/mol. The molecule has 13 heavy (non-hydrogen) atoms. The van der Waals surface area contributed by atoms with Crippen LogP contribution in [0.5, 0.6) is 0 Å². The Morgan fingerprint density at radius 3 is 2.69 bits per heavy atom. The summed E-state index contributed by atoms with van der Waals surface area (Å²) in [5.41, 5.74) is 5.02. The third-order valence-electron chi connectivity index (χ3n) is 1.57. The minimum Gasteiger partial charge on any atom is -0.370 e. The highest BCUT2D eigenvalue weighted by Crippen LogP contribution is 2.16. The van der Waals surface area contributed by atoms with Crippen molar-refractivity contribution in [1.82, 2.24) is 0 Å². The van der Waals surface area contributed by atoms with Crippen molar-refractivity contribution >= 4 is 17.7 Å². The molecule has 1 rings (SSSR count). The molecule has 0 aromatic carbocycles. The van der Waals surface area contributed by atoms with Gasteiger partial charge in [-0.05, 0) is 0 Å². The summed E-state index contributed by atoms with van der Waals surface area (Å²) in [7, 11) is 1.97. The number of thioether (sulfide) groups is 1. The zero-order valence-electron chi connectivity index (χ0n) is 7.56. The molecule has 0 saturated heterocycles. The van der Waals surface area contributed by atoms with E-state index in [-0.39, 0.29) is 5.91 Å². The predicted octanol–water partition coefficient (Wildman–Crippen LogP) is 0.479. The molecule has 0 aliphatic rings. The molecule has 3 nitrogen and oxygen atoms in total. The van der Waals surface area contributed by atoms with Crippen molar-refractivity contribution < 1.29 is 9.36 Å². The highest BCUT2D eigenvalue weighted by atomic mass is 32.2. The fourth-order valence-electron chi connectivity index (χ4n) is 0.853. The Labute approximate surface area is 81.9 Å². The van der Waals surface area contributed by atoms with Gasteiger partial charge in [-0.1, -0.05) is 0 Å². The van der Waals surface area contributed by atoms with E-state index in [1.807, 2.05) is 36.1 Å². The van der Waals surface area contributed by atoms with E-state index in [1.165, 1.54) is 4.90 Å². The van der Waals surface area contributed by atoms with Crippen molar-refractivity contribution in [2.24, 2.45) is 12.8 Å². The molecule has 0 fully saturated rings. The summed E-state index contributed by atoms with van der Waals surface area (Å²) in [6.45, 7) is 0. The van der Waals surface area contributed by atoms with Crippen molar-refractivity contribution in [3.8, 4) is 0 Å². The number of aryl methyl sites for hydroxylation is 1. The standard InChI is InChI=1S/C9H12N2OS/c1-11-5-2-8(3-6-11)13-7-4-9(10)12/h2-3,5-6H,4,7H2,1H3,(H-,10,12)/p+1. The molecule has 0 spiro atoms. The van der Waals surface area contributed by atoms with E-state index in [4.69, 9.17) is 5.73 Å². The molecule has 1 aromatic rings. The van der Waals surface area contributed by atoms with E-state index in [0.29, 0.717) is 6.42 Å². The van der Waals surface area contributed by atoms with Crippen LogP contribution in [0.2, 0.25) is 0 Å². The fraction of sp³-hybridized carbons (Fsp3) is 0.333. The number of pyridine rings is 1. The van der Waals surface area contributed by atoms with Gasteiger partial charge >= 0.3 is 0 Å². The molecule has 0 saturated carbocycles. The molecule has 0 aliphatic heterocycles. The first-order chi connectivity index (χ1) is 6.18. The normalized spacial score (nSPS) is 9.92. The number of rotatable bonds is 4. The minimum atomic E-state index is -0.242. The second-order valence-electron chi connectivity index (χ2n) is 2.76. The van der Waals surface area contributed by atoms with E-state index in [2.05, 4.69) is 0 Å². The number of nitrogens with two attached hydrogens (primary N) is 1. The number of hydrogen-bond acceptors (Lipinski definition) is 2. The first-order valence-corrected chi connectivity index (χ1v) is 5.03. The Hall–Kier alpha value is -1.03. The number of primary amides is 1. The van der Waals surface area contributed by atoms with Crippen LogP contribution in [0.25, 0.3) is 0 Å². The van der Waals surface area contributed by atoms with Crippen LogP contribution in [0.4, 0.5) is 0 Å². The Morgan fingerprint density at radius 1 is 1.54 bits per heavy atom. The molecule has 70 valence electrons. The van der Waals surface area contributed by atoms with Gasteiger partial charge in [0.05, 0.1) is 0 Å². The van der Waals surface area contributed by atoms with E-state index in [9.17, 15) is 4.79 Å². The highest BCUT2D eigenvalue weighted by Gasteiger charge is 1.98. The molecule has 0 atom stereocenters. The molecule has 1 aromatic heterocycles. The average Bonchev–Trinajstić information content (AvgIpc) is 2.08. The molecule has 1 amide bonds. The Morgan fingerprint density at radius 2 is 2.15 bits per heavy atom. The molecule has 0 unspecified atom stereocenters. The fourth-order valence-corrected chi connectivity index (χ4v) is 1.71. The third kappa shape index (κ3) is 3.94. The van der Waals surface area contributed by atoms with Gasteiger partial charge in [0.1, 0.15) is 7.05 Å². The molecular weight excluding hydrogens is 184 g/mol.